The molecule has 3 heteroatoms. The van der Waals surface area contributed by atoms with Crippen LogP contribution in [0.5, 0.6) is 0 Å². The van der Waals surface area contributed by atoms with E-state index < -0.39 is 11.4 Å². The molecule has 0 bridgehead atoms. The normalized spacial score (nSPS) is 37.3. The lowest BCUT2D eigenvalue weighted by atomic mass is 9.43. The lowest BCUT2D eigenvalue weighted by Gasteiger charge is -2.60. The minimum absolute atomic E-state index is 0.0476. The van der Waals surface area contributed by atoms with Crippen LogP contribution in [0, 0.1) is 58.2 Å². The van der Waals surface area contributed by atoms with Gasteiger partial charge >= 0.3 is 5.97 Å². The Bertz CT molecular complexity index is 810. The van der Waals surface area contributed by atoms with Gasteiger partial charge in [0, 0.05) is 12.8 Å². The fourth-order valence-corrected chi connectivity index (χ4v) is 9.44. The summed E-state index contributed by atoms with van der Waals surface area (Å²) in [5.74, 6) is 3.85. The van der Waals surface area contributed by atoms with E-state index in [0.717, 1.165) is 30.6 Å². The van der Waals surface area contributed by atoms with E-state index in [-0.39, 0.29) is 24.0 Å². The molecule has 3 rings (SSSR count). The van der Waals surface area contributed by atoms with E-state index in [0.29, 0.717) is 36.0 Å². The number of hydrogen-bond donors (Lipinski definition) is 1. The van der Waals surface area contributed by atoms with Crippen LogP contribution in [0.25, 0.3) is 0 Å². The molecule has 3 aliphatic carbocycles. The summed E-state index contributed by atoms with van der Waals surface area (Å²) in [7, 11) is 0. The Hall–Kier alpha value is -1.38. The van der Waals surface area contributed by atoms with Gasteiger partial charge in [-0.25, -0.2) is 0 Å². The number of carbonyl (C=O) groups excluding carboxylic acids is 1. The zero-order valence-corrected chi connectivity index (χ0v) is 24.1. The number of carboxylic acid groups (broad SMARTS) is 1. The zero-order valence-electron chi connectivity index (χ0n) is 24.1. The quantitative estimate of drug-likeness (QED) is 0.274. The molecule has 0 aromatic heterocycles. The third-order valence-electron chi connectivity index (χ3n) is 11.0. The first-order valence-electron chi connectivity index (χ1n) is 15.1. The number of fused-ring (bicyclic) bond motifs is 3. The van der Waals surface area contributed by atoms with E-state index in [1.807, 2.05) is 6.08 Å². The summed E-state index contributed by atoms with van der Waals surface area (Å²) in [5.41, 5.74) is -0.347. The van der Waals surface area contributed by atoms with Gasteiger partial charge in [-0.1, -0.05) is 79.0 Å². The predicted molar refractivity (Wildman–Crippen MR) is 150 cm³/mol. The molecule has 0 spiro atoms. The number of carbonyl (C=O) groups is 2. The first kappa shape index (κ1) is 29.2. The molecule has 0 aromatic rings. The van der Waals surface area contributed by atoms with E-state index >= 15 is 0 Å². The molecule has 0 heterocycles. The number of hydrogen-bond acceptors (Lipinski definition) is 2. The molecule has 0 amide bonds. The van der Waals surface area contributed by atoms with Gasteiger partial charge in [-0.2, -0.15) is 0 Å². The molecule has 0 saturated heterocycles. The van der Waals surface area contributed by atoms with Crippen molar-refractivity contribution in [1.29, 1.82) is 0 Å². The molecule has 8 atom stereocenters. The summed E-state index contributed by atoms with van der Waals surface area (Å²) in [6.45, 7) is 18.4. The summed E-state index contributed by atoms with van der Waals surface area (Å²) in [4.78, 5) is 25.3. The second-order valence-corrected chi connectivity index (χ2v) is 13.3. The van der Waals surface area contributed by atoms with Crippen LogP contribution in [0.2, 0.25) is 0 Å². The van der Waals surface area contributed by atoms with Crippen LogP contribution >= 0.6 is 0 Å². The molecule has 0 radical (unpaired) electrons. The second-order valence-electron chi connectivity index (χ2n) is 13.3. The topological polar surface area (TPSA) is 54.4 Å². The van der Waals surface area contributed by atoms with Crippen molar-refractivity contribution in [2.24, 2.45) is 58.2 Å². The molecule has 3 saturated carbocycles. The third kappa shape index (κ3) is 5.28. The molecule has 36 heavy (non-hydrogen) atoms. The predicted octanol–water partition coefficient (Wildman–Crippen LogP) is 8.74. The van der Waals surface area contributed by atoms with Crippen LogP contribution in [0.3, 0.4) is 0 Å². The highest BCUT2D eigenvalue weighted by atomic mass is 16.4. The van der Waals surface area contributed by atoms with Crippen LogP contribution in [-0.4, -0.2) is 16.9 Å². The highest BCUT2D eigenvalue weighted by Gasteiger charge is 2.64. The highest BCUT2D eigenvalue weighted by molar-refractivity contribution is 5.89. The zero-order chi connectivity index (χ0) is 26.7. The molecule has 3 nitrogen and oxygen atoms in total. The van der Waals surface area contributed by atoms with E-state index in [4.69, 9.17) is 0 Å². The maximum atomic E-state index is 13.7. The van der Waals surface area contributed by atoms with E-state index in [9.17, 15) is 14.7 Å². The van der Waals surface area contributed by atoms with Crippen molar-refractivity contribution in [2.75, 3.05) is 0 Å². The molecule has 204 valence electrons. The number of aliphatic carboxylic acids is 1. The Morgan fingerprint density at radius 2 is 1.83 bits per heavy atom. The Balaban J connectivity index is 2.00. The van der Waals surface area contributed by atoms with Gasteiger partial charge in [0.1, 0.15) is 5.78 Å². The molecule has 0 aliphatic heterocycles. The fourth-order valence-electron chi connectivity index (χ4n) is 9.44. The first-order valence-corrected chi connectivity index (χ1v) is 15.1. The monoisotopic (exact) mass is 498 g/mol. The lowest BCUT2D eigenvalue weighted by molar-refractivity contribution is -0.153. The van der Waals surface area contributed by atoms with Crippen LogP contribution in [0.4, 0.5) is 0 Å². The van der Waals surface area contributed by atoms with Crippen LogP contribution in [-0.2, 0) is 9.59 Å². The van der Waals surface area contributed by atoms with Gasteiger partial charge in [0.25, 0.3) is 0 Å². The number of ketones is 1. The van der Waals surface area contributed by atoms with Crippen molar-refractivity contribution in [1.82, 2.24) is 0 Å². The third-order valence-corrected chi connectivity index (χ3v) is 11.0. The van der Waals surface area contributed by atoms with Crippen LogP contribution < -0.4 is 0 Å². The van der Waals surface area contributed by atoms with Crippen molar-refractivity contribution in [3.63, 3.8) is 0 Å². The average Bonchev–Trinajstić information content (AvgIpc) is 3.23. The average molecular weight is 499 g/mol. The fraction of sp³-hybridized carbons (Fsp3) is 0.818. The molecule has 3 fully saturated rings. The number of Topliss-reactive ketones (excluding diaryl/α,β-unsaturated/α-hetero) is 1. The molecule has 3 aliphatic rings. The Morgan fingerprint density at radius 3 is 2.42 bits per heavy atom. The second kappa shape index (κ2) is 12.0. The van der Waals surface area contributed by atoms with Gasteiger partial charge in [-0.15, -0.1) is 6.58 Å². The van der Waals surface area contributed by atoms with E-state index in [1.165, 1.54) is 38.5 Å². The highest BCUT2D eigenvalue weighted by Crippen LogP contribution is 2.69. The largest absolute Gasteiger partial charge is 0.481 e. The summed E-state index contributed by atoms with van der Waals surface area (Å²) in [6.07, 6.45) is 17.2. The molecule has 0 aromatic carbocycles. The molecule has 1 N–H and O–H groups in total. The van der Waals surface area contributed by atoms with E-state index in [1.54, 1.807) is 0 Å². The van der Waals surface area contributed by atoms with Gasteiger partial charge < -0.3 is 5.11 Å². The maximum Gasteiger partial charge on any atom is 0.303 e. The SMILES string of the molecule is C=CC1(CCC(=O)O)C(=O)CC(C=CCC)C2C1CCC1(C(C)C)C(C(C)CCCC(C)C)CCC21. The first-order chi connectivity index (χ1) is 17.0. The van der Waals surface area contributed by atoms with Crippen molar-refractivity contribution in [2.45, 2.75) is 112 Å². The van der Waals surface area contributed by atoms with Gasteiger partial charge in [0.2, 0.25) is 0 Å². The molecular formula is C33H54O3. The minimum Gasteiger partial charge on any atom is -0.481 e. The number of carboxylic acids is 1. The van der Waals surface area contributed by atoms with E-state index in [2.05, 4.69) is 60.3 Å². The van der Waals surface area contributed by atoms with Crippen molar-refractivity contribution < 1.29 is 14.7 Å². The number of allylic oxidation sites excluding steroid dienone is 3. The number of rotatable bonds is 12. The Morgan fingerprint density at radius 1 is 1.11 bits per heavy atom. The van der Waals surface area contributed by atoms with Gasteiger partial charge in [0.05, 0.1) is 5.41 Å². The smallest absolute Gasteiger partial charge is 0.303 e. The summed E-state index contributed by atoms with van der Waals surface area (Å²) < 4.78 is 0. The van der Waals surface area contributed by atoms with Crippen molar-refractivity contribution >= 4 is 11.8 Å². The summed E-state index contributed by atoms with van der Waals surface area (Å²) >= 11 is 0. The minimum atomic E-state index is -0.808. The standard InChI is InChI=1S/C33H54O3/c1-8-10-14-25-21-29(34)32(9-2,19-18-30(35)36)27-17-20-33(23(5)6)26(15-16-28(33)31(25)27)24(7)13-11-12-22(3)4/h9-10,14,22-28,31H,2,8,11-13,15-21H2,1,3-7H3,(H,35,36). The molecule has 8 unspecified atom stereocenters. The summed E-state index contributed by atoms with van der Waals surface area (Å²) in [6, 6.07) is 0. The van der Waals surface area contributed by atoms with Gasteiger partial charge in [-0.05, 0) is 91.3 Å². The lowest BCUT2D eigenvalue weighted by Crippen LogP contribution is -2.57. The van der Waals surface area contributed by atoms with Crippen molar-refractivity contribution in [3.05, 3.63) is 24.8 Å². The Kier molecular flexibility index (Phi) is 9.72. The molecular weight excluding hydrogens is 444 g/mol. The van der Waals surface area contributed by atoms with Gasteiger partial charge in [-0.3, -0.25) is 9.59 Å². The summed E-state index contributed by atoms with van der Waals surface area (Å²) in [5, 5.41) is 9.51. The Labute approximate surface area is 221 Å². The van der Waals surface area contributed by atoms with Crippen molar-refractivity contribution in [3.8, 4) is 0 Å². The van der Waals surface area contributed by atoms with Crippen LogP contribution in [0.1, 0.15) is 112 Å². The van der Waals surface area contributed by atoms with Crippen LogP contribution in [0.15, 0.2) is 24.8 Å². The maximum absolute atomic E-state index is 13.7. The van der Waals surface area contributed by atoms with Gasteiger partial charge in [0.15, 0.2) is 0 Å².